The third kappa shape index (κ3) is 2.58. The van der Waals surface area contributed by atoms with Gasteiger partial charge in [-0.15, -0.1) is 0 Å². The van der Waals surface area contributed by atoms with Crippen molar-refractivity contribution < 1.29 is 4.79 Å². The zero-order valence-electron chi connectivity index (χ0n) is 12.1. The van der Waals surface area contributed by atoms with Gasteiger partial charge in [0, 0.05) is 22.1 Å². The SMILES string of the molecule is CCC1(C(=O)Nc2ccc(Br)c3ccccc23)CCNC1. The van der Waals surface area contributed by atoms with E-state index in [9.17, 15) is 4.79 Å². The molecule has 2 aromatic rings. The van der Waals surface area contributed by atoms with Crippen LogP contribution in [-0.2, 0) is 4.79 Å². The lowest BCUT2D eigenvalue weighted by molar-refractivity contribution is -0.124. The Kier molecular flexibility index (Phi) is 4.00. The first-order valence-corrected chi connectivity index (χ1v) is 8.15. The zero-order chi connectivity index (χ0) is 14.9. The number of amides is 1. The Morgan fingerprint density at radius 2 is 2.05 bits per heavy atom. The Morgan fingerprint density at radius 3 is 2.71 bits per heavy atom. The summed E-state index contributed by atoms with van der Waals surface area (Å²) in [6.45, 7) is 3.78. The molecule has 2 aromatic carbocycles. The summed E-state index contributed by atoms with van der Waals surface area (Å²) in [6.07, 6.45) is 1.77. The van der Waals surface area contributed by atoms with Crippen molar-refractivity contribution >= 4 is 38.3 Å². The molecular weight excluding hydrogens is 328 g/mol. The molecule has 0 bridgehead atoms. The van der Waals surface area contributed by atoms with Crippen LogP contribution in [0.25, 0.3) is 10.8 Å². The molecule has 2 N–H and O–H groups in total. The molecule has 0 aromatic heterocycles. The van der Waals surface area contributed by atoms with E-state index in [-0.39, 0.29) is 11.3 Å². The van der Waals surface area contributed by atoms with Crippen molar-refractivity contribution in [1.29, 1.82) is 0 Å². The van der Waals surface area contributed by atoms with E-state index < -0.39 is 0 Å². The second kappa shape index (κ2) is 5.78. The molecule has 110 valence electrons. The third-order valence-electron chi connectivity index (χ3n) is 4.52. The highest BCUT2D eigenvalue weighted by molar-refractivity contribution is 9.10. The number of nitrogens with one attached hydrogen (secondary N) is 2. The standard InChI is InChI=1S/C17H19BrN2O/c1-2-17(9-10-19-11-17)16(21)20-15-8-7-14(18)12-5-3-4-6-13(12)15/h3-8,19H,2,9-11H2,1H3,(H,20,21). The van der Waals surface area contributed by atoms with Gasteiger partial charge in [0.1, 0.15) is 0 Å². The minimum Gasteiger partial charge on any atom is -0.325 e. The first-order chi connectivity index (χ1) is 10.2. The summed E-state index contributed by atoms with van der Waals surface area (Å²) in [6, 6.07) is 12.1. The molecule has 1 amide bonds. The van der Waals surface area contributed by atoms with E-state index in [1.165, 1.54) is 0 Å². The van der Waals surface area contributed by atoms with Crippen LogP contribution in [0.5, 0.6) is 0 Å². The highest BCUT2D eigenvalue weighted by atomic mass is 79.9. The minimum absolute atomic E-state index is 0.127. The lowest BCUT2D eigenvalue weighted by Crippen LogP contribution is -2.37. The van der Waals surface area contributed by atoms with E-state index in [0.717, 1.165) is 46.9 Å². The predicted molar refractivity (Wildman–Crippen MR) is 90.5 cm³/mol. The quantitative estimate of drug-likeness (QED) is 0.883. The maximum Gasteiger partial charge on any atom is 0.231 e. The molecule has 1 atom stereocenters. The molecule has 0 spiro atoms. The fraction of sp³-hybridized carbons (Fsp3) is 0.353. The summed E-state index contributed by atoms with van der Waals surface area (Å²) in [4.78, 5) is 12.7. The van der Waals surface area contributed by atoms with Crippen LogP contribution in [0, 0.1) is 5.41 Å². The minimum atomic E-state index is -0.270. The van der Waals surface area contributed by atoms with E-state index in [1.807, 2.05) is 30.3 Å². The molecule has 0 aliphatic carbocycles. The van der Waals surface area contributed by atoms with Crippen molar-refractivity contribution in [2.24, 2.45) is 5.41 Å². The van der Waals surface area contributed by atoms with Gasteiger partial charge in [-0.05, 0) is 36.9 Å². The zero-order valence-corrected chi connectivity index (χ0v) is 13.7. The molecule has 1 fully saturated rings. The number of carbonyl (C=O) groups is 1. The molecule has 1 aliphatic heterocycles. The summed E-state index contributed by atoms with van der Waals surface area (Å²) in [5, 5.41) is 8.64. The molecule has 1 unspecified atom stereocenters. The molecule has 1 saturated heterocycles. The Hall–Kier alpha value is -1.39. The smallest absolute Gasteiger partial charge is 0.231 e. The maximum atomic E-state index is 12.7. The van der Waals surface area contributed by atoms with Crippen molar-refractivity contribution in [1.82, 2.24) is 5.32 Å². The predicted octanol–water partition coefficient (Wildman–Crippen LogP) is 3.93. The summed E-state index contributed by atoms with van der Waals surface area (Å²) < 4.78 is 1.05. The average molecular weight is 347 g/mol. The van der Waals surface area contributed by atoms with Crippen LogP contribution in [0.4, 0.5) is 5.69 Å². The lowest BCUT2D eigenvalue weighted by atomic mass is 9.83. The summed E-state index contributed by atoms with van der Waals surface area (Å²) in [5.74, 6) is 0.127. The maximum absolute atomic E-state index is 12.7. The monoisotopic (exact) mass is 346 g/mol. The highest BCUT2D eigenvalue weighted by Gasteiger charge is 2.39. The second-order valence-electron chi connectivity index (χ2n) is 5.66. The van der Waals surface area contributed by atoms with Gasteiger partial charge in [-0.25, -0.2) is 0 Å². The Balaban J connectivity index is 1.95. The van der Waals surface area contributed by atoms with Crippen molar-refractivity contribution in [3.63, 3.8) is 0 Å². The van der Waals surface area contributed by atoms with E-state index in [1.54, 1.807) is 0 Å². The Bertz CT molecular complexity index is 678. The van der Waals surface area contributed by atoms with Gasteiger partial charge in [0.25, 0.3) is 0 Å². The van der Waals surface area contributed by atoms with Crippen LogP contribution in [-0.4, -0.2) is 19.0 Å². The molecule has 21 heavy (non-hydrogen) atoms. The summed E-state index contributed by atoms with van der Waals surface area (Å²) in [7, 11) is 0. The van der Waals surface area contributed by atoms with E-state index in [0.29, 0.717) is 0 Å². The van der Waals surface area contributed by atoms with Crippen LogP contribution in [0.1, 0.15) is 19.8 Å². The lowest BCUT2D eigenvalue weighted by Gasteiger charge is -2.25. The Morgan fingerprint density at radius 1 is 1.29 bits per heavy atom. The van der Waals surface area contributed by atoms with Crippen LogP contribution in [0.2, 0.25) is 0 Å². The van der Waals surface area contributed by atoms with Crippen molar-refractivity contribution in [2.45, 2.75) is 19.8 Å². The molecule has 1 heterocycles. The number of hydrogen-bond acceptors (Lipinski definition) is 2. The number of fused-ring (bicyclic) bond motifs is 1. The Labute approximate surface area is 133 Å². The molecular formula is C17H19BrN2O. The first kappa shape index (κ1) is 14.5. The van der Waals surface area contributed by atoms with E-state index >= 15 is 0 Å². The molecule has 1 aliphatic rings. The number of halogens is 1. The van der Waals surface area contributed by atoms with Gasteiger partial charge in [0.05, 0.1) is 5.41 Å². The first-order valence-electron chi connectivity index (χ1n) is 7.36. The molecule has 3 rings (SSSR count). The van der Waals surface area contributed by atoms with Gasteiger partial charge in [-0.3, -0.25) is 4.79 Å². The molecule has 3 nitrogen and oxygen atoms in total. The van der Waals surface area contributed by atoms with Crippen molar-refractivity contribution in [3.8, 4) is 0 Å². The van der Waals surface area contributed by atoms with Gasteiger partial charge in [0.2, 0.25) is 5.91 Å². The number of hydrogen-bond donors (Lipinski definition) is 2. The van der Waals surface area contributed by atoms with Gasteiger partial charge < -0.3 is 10.6 Å². The fourth-order valence-corrected chi connectivity index (χ4v) is 3.50. The van der Waals surface area contributed by atoms with Crippen LogP contribution in [0.15, 0.2) is 40.9 Å². The molecule has 0 radical (unpaired) electrons. The number of rotatable bonds is 3. The fourth-order valence-electron chi connectivity index (χ4n) is 3.03. The third-order valence-corrected chi connectivity index (χ3v) is 5.21. The van der Waals surface area contributed by atoms with Crippen molar-refractivity contribution in [3.05, 3.63) is 40.9 Å². The van der Waals surface area contributed by atoms with Crippen LogP contribution < -0.4 is 10.6 Å². The van der Waals surface area contributed by atoms with Gasteiger partial charge >= 0.3 is 0 Å². The van der Waals surface area contributed by atoms with Gasteiger partial charge in [-0.1, -0.05) is 47.1 Å². The number of carbonyl (C=O) groups excluding carboxylic acids is 1. The largest absolute Gasteiger partial charge is 0.325 e. The second-order valence-corrected chi connectivity index (χ2v) is 6.51. The summed E-state index contributed by atoms with van der Waals surface area (Å²) in [5.41, 5.74) is 0.618. The van der Waals surface area contributed by atoms with Crippen LogP contribution in [0.3, 0.4) is 0 Å². The van der Waals surface area contributed by atoms with Gasteiger partial charge in [0.15, 0.2) is 0 Å². The topological polar surface area (TPSA) is 41.1 Å². The normalized spacial score (nSPS) is 21.6. The molecule has 0 saturated carbocycles. The van der Waals surface area contributed by atoms with Gasteiger partial charge in [-0.2, -0.15) is 0 Å². The van der Waals surface area contributed by atoms with E-state index in [2.05, 4.69) is 39.6 Å². The van der Waals surface area contributed by atoms with E-state index in [4.69, 9.17) is 0 Å². The number of benzene rings is 2. The van der Waals surface area contributed by atoms with Crippen LogP contribution >= 0.6 is 15.9 Å². The molecule has 4 heteroatoms. The van der Waals surface area contributed by atoms with Crippen molar-refractivity contribution in [2.75, 3.05) is 18.4 Å². The highest BCUT2D eigenvalue weighted by Crippen LogP contribution is 2.34. The summed E-state index contributed by atoms with van der Waals surface area (Å²) >= 11 is 3.57. The average Bonchev–Trinajstić information content (AvgIpc) is 3.00. The number of anilines is 1.